The van der Waals surface area contributed by atoms with Crippen molar-refractivity contribution < 1.29 is 9.53 Å². The number of methoxy groups -OCH3 is 1. The summed E-state index contributed by atoms with van der Waals surface area (Å²) in [5.41, 5.74) is 3.09. The second kappa shape index (κ2) is 7.33. The van der Waals surface area contributed by atoms with Crippen LogP contribution in [0.5, 0.6) is 0 Å². The normalized spacial score (nSPS) is 12.5. The highest BCUT2D eigenvalue weighted by Crippen LogP contribution is 2.17. The number of likely N-dealkylation sites (N-methyl/N-ethyl adjacent to an activating group) is 1. The van der Waals surface area contributed by atoms with Gasteiger partial charge < -0.3 is 4.74 Å². The van der Waals surface area contributed by atoms with Crippen LogP contribution in [-0.2, 0) is 16.1 Å². The molecular formula is C12H18ClN3O2. The van der Waals surface area contributed by atoms with Crippen molar-refractivity contribution in [3.05, 3.63) is 34.9 Å². The number of carbonyl (C=O) groups is 1. The third kappa shape index (κ3) is 3.96. The topological polar surface area (TPSA) is 67.6 Å². The Bertz CT molecular complexity index is 401. The van der Waals surface area contributed by atoms with Gasteiger partial charge in [-0.3, -0.25) is 15.1 Å². The fourth-order valence-corrected chi connectivity index (χ4v) is 1.86. The molecule has 0 radical (unpaired) electrons. The highest BCUT2D eigenvalue weighted by molar-refractivity contribution is 6.31. The summed E-state index contributed by atoms with van der Waals surface area (Å²) < 4.78 is 5.02. The summed E-state index contributed by atoms with van der Waals surface area (Å²) in [6.07, 6.45) is 0. The van der Waals surface area contributed by atoms with Gasteiger partial charge in [0.15, 0.2) is 0 Å². The largest absolute Gasteiger partial charge is 0.383 e. The molecule has 1 amide bonds. The molecule has 0 aliphatic carbocycles. The molecule has 18 heavy (non-hydrogen) atoms. The number of hydrazine groups is 1. The van der Waals surface area contributed by atoms with Gasteiger partial charge in [-0.05, 0) is 18.7 Å². The van der Waals surface area contributed by atoms with E-state index < -0.39 is 6.04 Å². The van der Waals surface area contributed by atoms with Crippen LogP contribution in [0.4, 0.5) is 0 Å². The maximum atomic E-state index is 11.6. The summed E-state index contributed by atoms with van der Waals surface area (Å²) >= 11 is 6.08. The number of rotatable bonds is 6. The minimum Gasteiger partial charge on any atom is -0.383 e. The van der Waals surface area contributed by atoms with Crippen LogP contribution in [0.25, 0.3) is 0 Å². The van der Waals surface area contributed by atoms with Crippen molar-refractivity contribution in [3.63, 3.8) is 0 Å². The van der Waals surface area contributed by atoms with Crippen LogP contribution in [0.1, 0.15) is 5.56 Å². The number of amides is 1. The van der Waals surface area contributed by atoms with Crippen LogP contribution >= 0.6 is 11.6 Å². The van der Waals surface area contributed by atoms with E-state index in [0.717, 1.165) is 5.56 Å². The van der Waals surface area contributed by atoms with E-state index in [4.69, 9.17) is 22.2 Å². The first-order chi connectivity index (χ1) is 8.60. The van der Waals surface area contributed by atoms with Crippen LogP contribution < -0.4 is 11.3 Å². The van der Waals surface area contributed by atoms with Crippen LogP contribution in [-0.4, -0.2) is 37.6 Å². The molecule has 0 aromatic heterocycles. The molecule has 1 rings (SSSR count). The standard InChI is InChI=1S/C12H18ClN3O2/c1-16(11(8-18-2)12(17)15-14)7-9-5-3-4-6-10(9)13/h3-6,11H,7-8,14H2,1-2H3,(H,15,17). The van der Waals surface area contributed by atoms with E-state index in [0.29, 0.717) is 11.6 Å². The van der Waals surface area contributed by atoms with Crippen LogP contribution in [0.15, 0.2) is 24.3 Å². The van der Waals surface area contributed by atoms with E-state index in [-0.39, 0.29) is 12.5 Å². The van der Waals surface area contributed by atoms with Gasteiger partial charge in [-0.15, -0.1) is 0 Å². The van der Waals surface area contributed by atoms with Gasteiger partial charge in [0.2, 0.25) is 0 Å². The maximum Gasteiger partial charge on any atom is 0.253 e. The molecule has 1 unspecified atom stereocenters. The van der Waals surface area contributed by atoms with E-state index >= 15 is 0 Å². The lowest BCUT2D eigenvalue weighted by molar-refractivity contribution is -0.128. The molecule has 0 spiro atoms. The Kier molecular flexibility index (Phi) is 6.07. The Labute approximate surface area is 112 Å². The van der Waals surface area contributed by atoms with Gasteiger partial charge in [-0.25, -0.2) is 5.84 Å². The highest BCUT2D eigenvalue weighted by atomic mass is 35.5. The number of benzene rings is 1. The van der Waals surface area contributed by atoms with Gasteiger partial charge in [0.25, 0.3) is 5.91 Å². The molecule has 1 atom stereocenters. The summed E-state index contributed by atoms with van der Waals surface area (Å²) in [7, 11) is 3.36. The molecule has 0 aliphatic heterocycles. The Hall–Kier alpha value is -1.14. The number of carbonyl (C=O) groups excluding carboxylic acids is 1. The van der Waals surface area contributed by atoms with Crippen molar-refractivity contribution in [2.75, 3.05) is 20.8 Å². The lowest BCUT2D eigenvalue weighted by atomic mass is 10.2. The monoisotopic (exact) mass is 271 g/mol. The molecule has 100 valence electrons. The van der Waals surface area contributed by atoms with Gasteiger partial charge in [-0.1, -0.05) is 29.8 Å². The molecule has 0 saturated carbocycles. The van der Waals surface area contributed by atoms with Gasteiger partial charge >= 0.3 is 0 Å². The Morgan fingerprint density at radius 1 is 1.56 bits per heavy atom. The highest BCUT2D eigenvalue weighted by Gasteiger charge is 2.22. The first-order valence-electron chi connectivity index (χ1n) is 5.53. The van der Waals surface area contributed by atoms with Crippen molar-refractivity contribution in [2.45, 2.75) is 12.6 Å². The molecule has 0 aliphatic rings. The smallest absolute Gasteiger partial charge is 0.253 e. The quantitative estimate of drug-likeness (QED) is 0.456. The van der Waals surface area contributed by atoms with Crippen LogP contribution in [0.3, 0.4) is 0 Å². The molecule has 1 aromatic carbocycles. The molecule has 6 heteroatoms. The van der Waals surface area contributed by atoms with Crippen molar-refractivity contribution in [1.82, 2.24) is 10.3 Å². The van der Waals surface area contributed by atoms with Gasteiger partial charge in [0.05, 0.1) is 6.61 Å². The summed E-state index contributed by atoms with van der Waals surface area (Å²) in [6, 6.07) is 7.06. The minimum atomic E-state index is -0.448. The molecule has 0 fully saturated rings. The number of nitrogens with two attached hydrogens (primary N) is 1. The zero-order valence-electron chi connectivity index (χ0n) is 10.5. The molecule has 0 saturated heterocycles. The summed E-state index contributed by atoms with van der Waals surface area (Å²) in [5, 5.41) is 0.675. The fraction of sp³-hybridized carbons (Fsp3) is 0.417. The summed E-state index contributed by atoms with van der Waals surface area (Å²) in [4.78, 5) is 13.5. The average molecular weight is 272 g/mol. The number of halogens is 1. The Morgan fingerprint density at radius 2 is 2.22 bits per heavy atom. The second-order valence-corrected chi connectivity index (χ2v) is 4.39. The van der Waals surface area contributed by atoms with E-state index in [1.807, 2.05) is 36.2 Å². The molecule has 3 N–H and O–H groups in total. The summed E-state index contributed by atoms with van der Waals surface area (Å²) in [6.45, 7) is 0.811. The molecule has 0 bridgehead atoms. The average Bonchev–Trinajstić information content (AvgIpc) is 2.37. The Morgan fingerprint density at radius 3 is 2.78 bits per heavy atom. The van der Waals surface area contributed by atoms with E-state index in [1.54, 1.807) is 7.11 Å². The fourth-order valence-electron chi connectivity index (χ4n) is 1.66. The predicted molar refractivity (Wildman–Crippen MR) is 70.9 cm³/mol. The SMILES string of the molecule is COCC(C(=O)NN)N(C)Cc1ccccc1Cl. The van der Waals surface area contributed by atoms with E-state index in [9.17, 15) is 4.79 Å². The molecule has 5 nitrogen and oxygen atoms in total. The minimum absolute atomic E-state index is 0.268. The van der Waals surface area contributed by atoms with E-state index in [1.165, 1.54) is 0 Å². The number of nitrogens with one attached hydrogen (secondary N) is 1. The van der Waals surface area contributed by atoms with Crippen molar-refractivity contribution in [3.8, 4) is 0 Å². The van der Waals surface area contributed by atoms with Crippen molar-refractivity contribution >= 4 is 17.5 Å². The summed E-state index contributed by atoms with van der Waals surface area (Å²) in [5.74, 6) is 4.87. The van der Waals surface area contributed by atoms with Crippen molar-refractivity contribution in [2.24, 2.45) is 5.84 Å². The zero-order valence-corrected chi connectivity index (χ0v) is 11.3. The lowest BCUT2D eigenvalue weighted by Crippen LogP contribution is -2.49. The number of hydrogen-bond acceptors (Lipinski definition) is 4. The maximum absolute atomic E-state index is 11.6. The van der Waals surface area contributed by atoms with Gasteiger partial charge in [0.1, 0.15) is 6.04 Å². The van der Waals surface area contributed by atoms with Gasteiger partial charge in [-0.2, -0.15) is 0 Å². The molecule has 1 aromatic rings. The van der Waals surface area contributed by atoms with Crippen molar-refractivity contribution in [1.29, 1.82) is 0 Å². The molecule has 0 heterocycles. The second-order valence-electron chi connectivity index (χ2n) is 3.99. The van der Waals surface area contributed by atoms with Crippen LogP contribution in [0.2, 0.25) is 5.02 Å². The van der Waals surface area contributed by atoms with Gasteiger partial charge in [0, 0.05) is 18.7 Å². The third-order valence-corrected chi connectivity index (χ3v) is 3.05. The first-order valence-corrected chi connectivity index (χ1v) is 5.91. The lowest BCUT2D eigenvalue weighted by Gasteiger charge is -2.26. The third-order valence-electron chi connectivity index (χ3n) is 2.68. The first kappa shape index (κ1) is 14.9. The predicted octanol–water partition coefficient (Wildman–Crippen LogP) is 0.777. The Balaban J connectivity index is 2.75. The zero-order chi connectivity index (χ0) is 13.5. The van der Waals surface area contributed by atoms with E-state index in [2.05, 4.69) is 5.43 Å². The number of ether oxygens (including phenoxy) is 1. The van der Waals surface area contributed by atoms with Crippen LogP contribution in [0, 0.1) is 0 Å². The number of hydrogen-bond donors (Lipinski definition) is 2. The number of nitrogens with zero attached hydrogens (tertiary/aromatic N) is 1. The molecular weight excluding hydrogens is 254 g/mol.